The van der Waals surface area contributed by atoms with Gasteiger partial charge in [-0.1, -0.05) is 6.08 Å². The van der Waals surface area contributed by atoms with Crippen molar-refractivity contribution in [1.82, 2.24) is 5.32 Å². The van der Waals surface area contributed by atoms with Gasteiger partial charge in [-0.3, -0.25) is 4.79 Å². The van der Waals surface area contributed by atoms with Crippen molar-refractivity contribution in [3.8, 4) is 5.75 Å². The Bertz CT molecular complexity index is 432. The van der Waals surface area contributed by atoms with Gasteiger partial charge in [-0.2, -0.15) is 0 Å². The normalized spacial score (nSPS) is 11.7. The standard InChI is InChI=1S/C13H16FNO3/c1-3-6-15-13(17)8-18-12-7-10(14)4-5-11(12)9(2)16/h3-5,7,9,16H,1,6,8H2,2H3,(H,15,17). The van der Waals surface area contributed by atoms with Gasteiger partial charge in [-0.25, -0.2) is 4.39 Å². The predicted molar refractivity (Wildman–Crippen MR) is 65.7 cm³/mol. The number of halogens is 1. The summed E-state index contributed by atoms with van der Waals surface area (Å²) in [6, 6.07) is 3.80. The van der Waals surface area contributed by atoms with Gasteiger partial charge in [0, 0.05) is 18.2 Å². The summed E-state index contributed by atoms with van der Waals surface area (Å²) in [7, 11) is 0. The van der Waals surface area contributed by atoms with Crippen LogP contribution in [-0.4, -0.2) is 24.2 Å². The summed E-state index contributed by atoms with van der Waals surface area (Å²) in [6.07, 6.45) is 0.748. The second-order valence-electron chi connectivity index (χ2n) is 3.74. The monoisotopic (exact) mass is 253 g/mol. The van der Waals surface area contributed by atoms with Crippen molar-refractivity contribution in [1.29, 1.82) is 0 Å². The minimum Gasteiger partial charge on any atom is -0.483 e. The number of carbonyl (C=O) groups is 1. The third kappa shape index (κ3) is 4.18. The van der Waals surface area contributed by atoms with Gasteiger partial charge in [0.1, 0.15) is 11.6 Å². The topological polar surface area (TPSA) is 58.6 Å². The van der Waals surface area contributed by atoms with Crippen LogP contribution in [0.5, 0.6) is 5.75 Å². The van der Waals surface area contributed by atoms with Crippen LogP contribution in [0, 0.1) is 5.82 Å². The van der Waals surface area contributed by atoms with Crippen LogP contribution in [0.4, 0.5) is 4.39 Å². The fourth-order valence-corrected chi connectivity index (χ4v) is 1.36. The van der Waals surface area contributed by atoms with Crippen molar-refractivity contribution >= 4 is 5.91 Å². The number of benzene rings is 1. The zero-order valence-electron chi connectivity index (χ0n) is 10.1. The Morgan fingerprint density at radius 2 is 2.39 bits per heavy atom. The Morgan fingerprint density at radius 3 is 3.00 bits per heavy atom. The number of nitrogens with one attached hydrogen (secondary N) is 1. The second-order valence-corrected chi connectivity index (χ2v) is 3.74. The molecule has 0 heterocycles. The maximum atomic E-state index is 13.1. The Morgan fingerprint density at radius 1 is 1.67 bits per heavy atom. The van der Waals surface area contributed by atoms with Crippen LogP contribution in [0.1, 0.15) is 18.6 Å². The molecule has 0 saturated carbocycles. The molecule has 0 spiro atoms. The summed E-state index contributed by atoms with van der Waals surface area (Å²) >= 11 is 0. The lowest BCUT2D eigenvalue weighted by Crippen LogP contribution is -2.29. The highest BCUT2D eigenvalue weighted by molar-refractivity contribution is 5.77. The number of aliphatic hydroxyl groups excluding tert-OH is 1. The van der Waals surface area contributed by atoms with Gasteiger partial charge in [-0.15, -0.1) is 6.58 Å². The number of hydrogen-bond acceptors (Lipinski definition) is 3. The molecule has 4 nitrogen and oxygen atoms in total. The molecule has 5 heteroatoms. The van der Waals surface area contributed by atoms with Crippen LogP contribution in [-0.2, 0) is 4.79 Å². The van der Waals surface area contributed by atoms with Gasteiger partial charge in [0.25, 0.3) is 5.91 Å². The maximum Gasteiger partial charge on any atom is 0.258 e. The van der Waals surface area contributed by atoms with Gasteiger partial charge >= 0.3 is 0 Å². The molecule has 0 aromatic heterocycles. The average Bonchev–Trinajstić information content (AvgIpc) is 2.33. The molecule has 18 heavy (non-hydrogen) atoms. The number of aliphatic hydroxyl groups is 1. The van der Waals surface area contributed by atoms with Gasteiger partial charge in [0.2, 0.25) is 0 Å². The lowest BCUT2D eigenvalue weighted by atomic mass is 10.1. The first-order chi connectivity index (χ1) is 8.54. The molecule has 0 radical (unpaired) electrons. The lowest BCUT2D eigenvalue weighted by molar-refractivity contribution is -0.122. The minimum atomic E-state index is -0.795. The quantitative estimate of drug-likeness (QED) is 0.756. The maximum absolute atomic E-state index is 13.1. The fourth-order valence-electron chi connectivity index (χ4n) is 1.36. The molecule has 2 N–H and O–H groups in total. The van der Waals surface area contributed by atoms with Crippen molar-refractivity contribution in [3.05, 3.63) is 42.2 Å². The number of ether oxygens (including phenoxy) is 1. The number of rotatable bonds is 6. The van der Waals surface area contributed by atoms with E-state index in [-0.39, 0.29) is 18.3 Å². The smallest absolute Gasteiger partial charge is 0.258 e. The van der Waals surface area contributed by atoms with Gasteiger partial charge < -0.3 is 15.2 Å². The Hall–Kier alpha value is -1.88. The van der Waals surface area contributed by atoms with Crippen molar-refractivity contribution in [3.63, 3.8) is 0 Å². The third-order valence-corrected chi connectivity index (χ3v) is 2.23. The van der Waals surface area contributed by atoms with E-state index in [0.29, 0.717) is 12.1 Å². The van der Waals surface area contributed by atoms with E-state index < -0.39 is 11.9 Å². The summed E-state index contributed by atoms with van der Waals surface area (Å²) in [5.74, 6) is -0.657. The van der Waals surface area contributed by atoms with E-state index in [1.54, 1.807) is 6.08 Å². The minimum absolute atomic E-state index is 0.166. The fraction of sp³-hybridized carbons (Fsp3) is 0.308. The number of carbonyl (C=O) groups excluding carboxylic acids is 1. The Balaban J connectivity index is 2.68. The molecule has 98 valence electrons. The van der Waals surface area contributed by atoms with Crippen molar-refractivity contribution < 1.29 is 19.0 Å². The van der Waals surface area contributed by atoms with Gasteiger partial charge in [0.05, 0.1) is 6.10 Å². The summed E-state index contributed by atoms with van der Waals surface area (Å²) in [5.41, 5.74) is 0.438. The largest absolute Gasteiger partial charge is 0.483 e. The van der Waals surface area contributed by atoms with E-state index in [1.165, 1.54) is 19.1 Å². The molecular formula is C13H16FNO3. The lowest BCUT2D eigenvalue weighted by Gasteiger charge is -2.13. The van der Waals surface area contributed by atoms with E-state index in [2.05, 4.69) is 11.9 Å². The molecule has 1 amide bonds. The van der Waals surface area contributed by atoms with Crippen LogP contribution >= 0.6 is 0 Å². The average molecular weight is 253 g/mol. The first-order valence-corrected chi connectivity index (χ1v) is 5.52. The summed E-state index contributed by atoms with van der Waals surface area (Å²) in [4.78, 5) is 11.3. The highest BCUT2D eigenvalue weighted by Gasteiger charge is 2.11. The zero-order chi connectivity index (χ0) is 13.5. The van der Waals surface area contributed by atoms with Gasteiger partial charge in [-0.05, 0) is 19.1 Å². The highest BCUT2D eigenvalue weighted by Crippen LogP contribution is 2.25. The molecule has 1 aromatic carbocycles. The van der Waals surface area contributed by atoms with Crippen LogP contribution in [0.3, 0.4) is 0 Å². The molecule has 0 aliphatic carbocycles. The second kappa shape index (κ2) is 6.76. The Kier molecular flexibility index (Phi) is 5.32. The van der Waals surface area contributed by atoms with Gasteiger partial charge in [0.15, 0.2) is 6.61 Å². The summed E-state index contributed by atoms with van der Waals surface area (Å²) in [6.45, 7) is 5.10. The molecular weight excluding hydrogens is 237 g/mol. The van der Waals surface area contributed by atoms with Crippen LogP contribution in [0.25, 0.3) is 0 Å². The number of amides is 1. The molecule has 1 unspecified atom stereocenters. The molecule has 1 atom stereocenters. The van der Waals surface area contributed by atoms with E-state index in [9.17, 15) is 14.3 Å². The van der Waals surface area contributed by atoms with E-state index >= 15 is 0 Å². The molecule has 0 saturated heterocycles. The SMILES string of the molecule is C=CCNC(=O)COc1cc(F)ccc1C(C)O. The molecule has 1 aromatic rings. The first kappa shape index (κ1) is 14.2. The molecule has 0 aliphatic heterocycles. The molecule has 0 aliphatic rings. The Labute approximate surface area is 105 Å². The molecule has 0 fully saturated rings. The summed E-state index contributed by atoms with van der Waals surface area (Å²) < 4.78 is 18.3. The van der Waals surface area contributed by atoms with E-state index in [1.807, 2.05) is 0 Å². The van der Waals surface area contributed by atoms with Crippen LogP contribution in [0.2, 0.25) is 0 Å². The predicted octanol–water partition coefficient (Wildman–Crippen LogP) is 1.56. The van der Waals surface area contributed by atoms with Crippen LogP contribution in [0.15, 0.2) is 30.9 Å². The van der Waals surface area contributed by atoms with Crippen molar-refractivity contribution in [2.75, 3.05) is 13.2 Å². The zero-order valence-corrected chi connectivity index (χ0v) is 10.1. The van der Waals surface area contributed by atoms with Crippen LogP contribution < -0.4 is 10.1 Å². The third-order valence-electron chi connectivity index (χ3n) is 2.23. The summed E-state index contributed by atoms with van der Waals surface area (Å²) in [5, 5.41) is 12.0. The molecule has 0 bridgehead atoms. The molecule has 1 rings (SSSR count). The first-order valence-electron chi connectivity index (χ1n) is 5.52. The van der Waals surface area contributed by atoms with Crippen molar-refractivity contribution in [2.45, 2.75) is 13.0 Å². The van der Waals surface area contributed by atoms with E-state index in [4.69, 9.17) is 4.74 Å². The highest BCUT2D eigenvalue weighted by atomic mass is 19.1. The number of hydrogen-bond donors (Lipinski definition) is 2. The van der Waals surface area contributed by atoms with E-state index in [0.717, 1.165) is 6.07 Å². The van der Waals surface area contributed by atoms with Crippen molar-refractivity contribution in [2.24, 2.45) is 0 Å².